The minimum absolute atomic E-state index is 0.384. The number of aromatic nitrogens is 3. The van der Waals surface area contributed by atoms with Crippen LogP contribution < -0.4 is 14.8 Å². The van der Waals surface area contributed by atoms with E-state index in [-0.39, 0.29) is 0 Å². The zero-order valence-electron chi connectivity index (χ0n) is 19.5. The lowest BCUT2D eigenvalue weighted by Gasteiger charge is -2.39. The molecule has 3 heterocycles. The monoisotopic (exact) mass is 448 g/mol. The number of guanidine groups is 1. The Morgan fingerprint density at radius 3 is 2.73 bits per heavy atom. The Balaban J connectivity index is 1.36. The summed E-state index contributed by atoms with van der Waals surface area (Å²) in [5, 5.41) is 3.50. The van der Waals surface area contributed by atoms with Crippen LogP contribution in [0.4, 0.5) is 0 Å². The van der Waals surface area contributed by atoms with E-state index >= 15 is 0 Å². The summed E-state index contributed by atoms with van der Waals surface area (Å²) in [5.41, 5.74) is 1.07. The van der Waals surface area contributed by atoms with E-state index in [1.807, 2.05) is 69.1 Å². The Kier molecular flexibility index (Phi) is 7.44. The van der Waals surface area contributed by atoms with Crippen LogP contribution in [0.3, 0.4) is 0 Å². The predicted molar refractivity (Wildman–Crippen MR) is 129 cm³/mol. The van der Waals surface area contributed by atoms with Gasteiger partial charge in [-0.05, 0) is 55.2 Å². The van der Waals surface area contributed by atoms with Crippen LogP contribution in [0, 0.1) is 5.92 Å². The van der Waals surface area contributed by atoms with Crippen molar-refractivity contribution in [2.24, 2.45) is 10.9 Å². The Morgan fingerprint density at radius 1 is 1.18 bits per heavy atom. The number of hydrogen-bond acceptors (Lipinski definition) is 5. The van der Waals surface area contributed by atoms with Gasteiger partial charge in [0.25, 0.3) is 0 Å². The largest absolute Gasteiger partial charge is 0.494 e. The summed E-state index contributed by atoms with van der Waals surface area (Å²) < 4.78 is 13.6. The molecule has 0 bridgehead atoms. The molecule has 174 valence electrons. The van der Waals surface area contributed by atoms with Crippen molar-refractivity contribution < 1.29 is 9.47 Å². The van der Waals surface area contributed by atoms with Crippen LogP contribution in [0.2, 0.25) is 0 Å². The van der Waals surface area contributed by atoms with Gasteiger partial charge >= 0.3 is 0 Å². The fourth-order valence-electron chi connectivity index (χ4n) is 4.12. The first-order chi connectivity index (χ1) is 16.2. The van der Waals surface area contributed by atoms with Gasteiger partial charge in [-0.1, -0.05) is 6.92 Å². The first-order valence-corrected chi connectivity index (χ1v) is 11.4. The highest BCUT2D eigenvalue weighted by Crippen LogP contribution is 2.27. The molecule has 0 aliphatic carbocycles. The lowest BCUT2D eigenvalue weighted by atomic mass is 9.93. The van der Waals surface area contributed by atoms with E-state index in [4.69, 9.17) is 9.47 Å². The van der Waals surface area contributed by atoms with Crippen molar-refractivity contribution in [2.75, 3.05) is 26.7 Å². The van der Waals surface area contributed by atoms with Crippen molar-refractivity contribution >= 4 is 5.96 Å². The molecular formula is C25H32N6O2. The molecule has 1 aliphatic rings. The van der Waals surface area contributed by atoms with E-state index in [2.05, 4.69) is 36.7 Å². The van der Waals surface area contributed by atoms with Crippen LogP contribution in [0.15, 0.2) is 66.3 Å². The van der Waals surface area contributed by atoms with Crippen LogP contribution in [0.25, 0.3) is 0 Å². The first-order valence-electron chi connectivity index (χ1n) is 11.4. The second-order valence-corrected chi connectivity index (χ2v) is 8.20. The van der Waals surface area contributed by atoms with Gasteiger partial charge in [0, 0.05) is 51.3 Å². The summed E-state index contributed by atoms with van der Waals surface area (Å²) in [6, 6.07) is 11.9. The molecule has 2 unspecified atom stereocenters. The van der Waals surface area contributed by atoms with Crippen LogP contribution in [-0.4, -0.2) is 52.1 Å². The highest BCUT2D eigenvalue weighted by Gasteiger charge is 2.28. The van der Waals surface area contributed by atoms with Gasteiger partial charge in [0.15, 0.2) is 5.96 Å². The smallest absolute Gasteiger partial charge is 0.219 e. The SMILES string of the molecule is CCOc1ccc(Oc2cc(CNC(=NC)N3CCC(C)C(n4ccnc4)C3)ccn2)cc1. The second-order valence-electron chi connectivity index (χ2n) is 8.20. The zero-order valence-corrected chi connectivity index (χ0v) is 19.5. The van der Waals surface area contributed by atoms with Gasteiger partial charge < -0.3 is 24.3 Å². The maximum atomic E-state index is 5.93. The number of nitrogens with zero attached hydrogens (tertiary/aromatic N) is 5. The first kappa shape index (κ1) is 22.6. The van der Waals surface area contributed by atoms with Gasteiger partial charge in [0.2, 0.25) is 5.88 Å². The molecular weight excluding hydrogens is 416 g/mol. The van der Waals surface area contributed by atoms with Crippen LogP contribution in [0.1, 0.15) is 31.9 Å². The Morgan fingerprint density at radius 2 is 2.00 bits per heavy atom. The van der Waals surface area contributed by atoms with Gasteiger partial charge in [-0.15, -0.1) is 0 Å². The molecule has 0 amide bonds. The van der Waals surface area contributed by atoms with Crippen molar-refractivity contribution in [3.8, 4) is 17.4 Å². The number of ether oxygens (including phenoxy) is 2. The molecule has 2 atom stereocenters. The number of benzene rings is 1. The second kappa shape index (κ2) is 10.8. The van der Waals surface area contributed by atoms with Crippen molar-refractivity contribution in [1.29, 1.82) is 0 Å². The molecule has 1 aliphatic heterocycles. The van der Waals surface area contributed by atoms with Crippen LogP contribution >= 0.6 is 0 Å². The maximum Gasteiger partial charge on any atom is 0.219 e. The highest BCUT2D eigenvalue weighted by molar-refractivity contribution is 5.80. The van der Waals surface area contributed by atoms with E-state index in [1.54, 1.807) is 6.20 Å². The molecule has 1 aromatic carbocycles. The van der Waals surface area contributed by atoms with Crippen molar-refractivity contribution in [1.82, 2.24) is 24.8 Å². The fourth-order valence-corrected chi connectivity index (χ4v) is 4.12. The average molecular weight is 449 g/mol. The summed E-state index contributed by atoms with van der Waals surface area (Å²) in [7, 11) is 1.83. The normalized spacial score (nSPS) is 18.8. The van der Waals surface area contributed by atoms with Crippen molar-refractivity contribution in [3.05, 3.63) is 66.9 Å². The summed E-state index contributed by atoms with van der Waals surface area (Å²) in [5.74, 6) is 3.60. The lowest BCUT2D eigenvalue weighted by molar-refractivity contribution is 0.189. The summed E-state index contributed by atoms with van der Waals surface area (Å²) in [6.45, 7) is 7.43. The van der Waals surface area contributed by atoms with E-state index in [0.717, 1.165) is 42.5 Å². The number of imidazole rings is 1. The van der Waals surface area contributed by atoms with Crippen LogP contribution in [-0.2, 0) is 6.54 Å². The topological polar surface area (TPSA) is 76.8 Å². The third kappa shape index (κ3) is 5.83. The van der Waals surface area contributed by atoms with Crippen molar-refractivity contribution in [3.63, 3.8) is 0 Å². The molecule has 1 fully saturated rings. The number of likely N-dealkylation sites (tertiary alicyclic amines) is 1. The third-order valence-electron chi connectivity index (χ3n) is 5.94. The number of piperidine rings is 1. The molecule has 0 radical (unpaired) electrons. The molecule has 0 saturated carbocycles. The molecule has 8 nitrogen and oxygen atoms in total. The summed E-state index contributed by atoms with van der Waals surface area (Å²) in [4.78, 5) is 15.4. The third-order valence-corrected chi connectivity index (χ3v) is 5.94. The fraction of sp³-hybridized carbons (Fsp3) is 0.400. The minimum atomic E-state index is 0.384. The van der Waals surface area contributed by atoms with Gasteiger partial charge in [-0.2, -0.15) is 0 Å². The van der Waals surface area contributed by atoms with Gasteiger partial charge in [-0.3, -0.25) is 4.99 Å². The molecule has 8 heteroatoms. The number of hydrogen-bond donors (Lipinski definition) is 1. The molecule has 0 spiro atoms. The molecule has 1 saturated heterocycles. The molecule has 2 aromatic heterocycles. The standard InChI is InChI=1S/C25H32N6O2/c1-4-32-21-5-7-22(8-6-21)33-24-15-20(9-11-28-24)16-29-25(26-3)30-13-10-19(2)23(17-30)31-14-12-27-18-31/h5-9,11-12,14-15,18-19,23H,4,10,13,16-17H2,1-3H3,(H,26,29). The van der Waals surface area contributed by atoms with E-state index in [1.165, 1.54) is 0 Å². The average Bonchev–Trinajstić information content (AvgIpc) is 3.37. The number of pyridine rings is 1. The van der Waals surface area contributed by atoms with E-state index < -0.39 is 0 Å². The number of aliphatic imine (C=N–C) groups is 1. The van der Waals surface area contributed by atoms with Gasteiger partial charge in [0.1, 0.15) is 11.5 Å². The highest BCUT2D eigenvalue weighted by atomic mass is 16.5. The predicted octanol–water partition coefficient (Wildman–Crippen LogP) is 4.13. The summed E-state index contributed by atoms with van der Waals surface area (Å²) >= 11 is 0. The Hall–Kier alpha value is -3.55. The molecule has 4 rings (SSSR count). The summed E-state index contributed by atoms with van der Waals surface area (Å²) in [6.07, 6.45) is 8.67. The quantitative estimate of drug-likeness (QED) is 0.433. The number of rotatable bonds is 7. The Bertz CT molecular complexity index is 1040. The molecule has 1 N–H and O–H groups in total. The van der Waals surface area contributed by atoms with Crippen LogP contribution in [0.5, 0.6) is 17.4 Å². The van der Waals surface area contributed by atoms with Gasteiger partial charge in [-0.25, -0.2) is 9.97 Å². The minimum Gasteiger partial charge on any atom is -0.494 e. The number of nitrogens with one attached hydrogen (secondary N) is 1. The molecule has 3 aromatic rings. The van der Waals surface area contributed by atoms with Gasteiger partial charge in [0.05, 0.1) is 19.0 Å². The Labute approximate surface area is 195 Å². The lowest BCUT2D eigenvalue weighted by Crippen LogP contribution is -2.48. The zero-order chi connectivity index (χ0) is 23.0. The van der Waals surface area contributed by atoms with Crippen molar-refractivity contribution in [2.45, 2.75) is 32.9 Å². The van der Waals surface area contributed by atoms with E-state index in [9.17, 15) is 0 Å². The molecule has 33 heavy (non-hydrogen) atoms. The van der Waals surface area contributed by atoms with E-state index in [0.29, 0.717) is 31.0 Å². The maximum absolute atomic E-state index is 5.93.